The number of sulfone groups is 1. The Labute approximate surface area is 159 Å². The van der Waals surface area contributed by atoms with Gasteiger partial charge < -0.3 is 10.1 Å². The van der Waals surface area contributed by atoms with Crippen molar-refractivity contribution in [3.05, 3.63) is 47.8 Å². The number of rotatable bonds is 4. The summed E-state index contributed by atoms with van der Waals surface area (Å²) in [6.45, 7) is 2.03. The number of pyridine rings is 1. The number of aromatic nitrogens is 1. The predicted molar refractivity (Wildman–Crippen MR) is 103 cm³/mol. The molecule has 0 spiro atoms. The summed E-state index contributed by atoms with van der Waals surface area (Å²) >= 11 is 0. The lowest BCUT2D eigenvalue weighted by Crippen LogP contribution is -2.37. The largest absolute Gasteiger partial charge is 0.488 e. The summed E-state index contributed by atoms with van der Waals surface area (Å²) in [5.74, 6) is 0.00844. The van der Waals surface area contributed by atoms with Gasteiger partial charge >= 0.3 is 0 Å². The molecular weight excluding hydrogens is 367 g/mol. The first-order valence-electron chi connectivity index (χ1n) is 9.43. The smallest absolute Gasteiger partial charge is 0.155 e. The molecule has 0 aromatic carbocycles. The van der Waals surface area contributed by atoms with Gasteiger partial charge in [-0.15, -0.1) is 0 Å². The zero-order valence-electron chi connectivity index (χ0n) is 15.4. The second kappa shape index (κ2) is 7.02. The number of halogens is 1. The van der Waals surface area contributed by atoms with Crippen molar-refractivity contribution in [2.75, 3.05) is 25.1 Å². The Morgan fingerprint density at radius 2 is 2.11 bits per heavy atom. The molecule has 3 aliphatic rings. The third-order valence-corrected chi connectivity index (χ3v) is 6.65. The molecule has 0 amide bonds. The molecule has 7 heteroatoms. The van der Waals surface area contributed by atoms with Crippen LogP contribution in [0.1, 0.15) is 30.0 Å². The minimum absolute atomic E-state index is 0.145. The van der Waals surface area contributed by atoms with Gasteiger partial charge in [0.2, 0.25) is 0 Å². The number of nitrogens with zero attached hydrogens (tertiary/aromatic N) is 1. The Balaban J connectivity index is 1.57. The molecule has 3 atom stereocenters. The van der Waals surface area contributed by atoms with E-state index in [-0.39, 0.29) is 6.10 Å². The molecule has 1 aromatic rings. The topological polar surface area (TPSA) is 68.3 Å². The summed E-state index contributed by atoms with van der Waals surface area (Å²) in [6.07, 6.45) is 12.2. The summed E-state index contributed by atoms with van der Waals surface area (Å²) in [5.41, 5.74) is -0.402. The lowest BCUT2D eigenvalue weighted by atomic mass is 9.83. The van der Waals surface area contributed by atoms with Crippen molar-refractivity contribution in [1.29, 1.82) is 0 Å². The molecule has 1 aliphatic carbocycles. The van der Waals surface area contributed by atoms with Gasteiger partial charge in [-0.1, -0.05) is 18.2 Å². The standard InChI is InChI=1S/C20H25FN2O3S/c1-27(24,25)13-20(21)7-3-2-4-16(20)17-10-15-11-18(26-19(15)12-23-17)14-5-8-22-9-6-14/h2-4,7,10,12,14,16,18,22H,5-6,8-9,11,13H2,1H3. The fourth-order valence-electron chi connectivity index (χ4n) is 4.38. The SMILES string of the molecule is CS(=O)(=O)CC1(F)C=CC=CC1c1cc2c(cn1)OC(C1CCNCC1)C2. The number of hydrogen-bond acceptors (Lipinski definition) is 5. The van der Waals surface area contributed by atoms with Crippen LogP contribution in [0.15, 0.2) is 36.6 Å². The average Bonchev–Trinajstić information content (AvgIpc) is 3.04. The molecule has 146 valence electrons. The number of nitrogens with one attached hydrogen (secondary N) is 1. The molecule has 0 radical (unpaired) electrons. The molecule has 5 nitrogen and oxygen atoms in total. The number of hydrogen-bond donors (Lipinski definition) is 1. The maximum atomic E-state index is 15.5. The van der Waals surface area contributed by atoms with Crippen LogP contribution in [0.25, 0.3) is 0 Å². The van der Waals surface area contributed by atoms with E-state index < -0.39 is 27.2 Å². The Hall–Kier alpha value is -1.73. The van der Waals surface area contributed by atoms with Gasteiger partial charge in [-0.2, -0.15) is 0 Å². The van der Waals surface area contributed by atoms with Crippen LogP contribution in [-0.4, -0.2) is 50.3 Å². The van der Waals surface area contributed by atoms with Crippen molar-refractivity contribution in [2.45, 2.75) is 37.0 Å². The van der Waals surface area contributed by atoms with E-state index in [1.54, 1.807) is 24.4 Å². The number of fused-ring (bicyclic) bond motifs is 1. The van der Waals surface area contributed by atoms with Crippen LogP contribution in [-0.2, 0) is 16.3 Å². The zero-order valence-corrected chi connectivity index (χ0v) is 16.2. The zero-order chi connectivity index (χ0) is 19.1. The highest BCUT2D eigenvalue weighted by Crippen LogP contribution is 2.40. The van der Waals surface area contributed by atoms with E-state index in [0.29, 0.717) is 11.6 Å². The molecule has 0 saturated carbocycles. The molecule has 1 saturated heterocycles. The second-order valence-corrected chi connectivity index (χ2v) is 10.0. The van der Waals surface area contributed by atoms with E-state index in [9.17, 15) is 8.42 Å². The molecule has 1 fully saturated rings. The van der Waals surface area contributed by atoms with E-state index in [1.807, 2.05) is 6.07 Å². The van der Waals surface area contributed by atoms with Crippen molar-refractivity contribution in [3.8, 4) is 5.75 Å². The van der Waals surface area contributed by atoms with Gasteiger partial charge in [-0.25, -0.2) is 12.8 Å². The highest BCUT2D eigenvalue weighted by Gasteiger charge is 2.42. The van der Waals surface area contributed by atoms with Crippen LogP contribution >= 0.6 is 0 Å². The molecule has 1 aromatic heterocycles. The molecule has 3 heterocycles. The Morgan fingerprint density at radius 1 is 1.33 bits per heavy atom. The van der Waals surface area contributed by atoms with Crippen LogP contribution in [0.4, 0.5) is 4.39 Å². The van der Waals surface area contributed by atoms with E-state index >= 15 is 4.39 Å². The number of allylic oxidation sites excluding steroid dienone is 4. The van der Waals surface area contributed by atoms with Crippen LogP contribution in [0, 0.1) is 5.92 Å². The normalized spacial score (nSPS) is 30.9. The molecule has 0 bridgehead atoms. The molecule has 1 N–H and O–H groups in total. The van der Waals surface area contributed by atoms with Crippen molar-refractivity contribution in [1.82, 2.24) is 10.3 Å². The first-order chi connectivity index (χ1) is 12.8. The predicted octanol–water partition coefficient (Wildman–Crippen LogP) is 2.35. The lowest BCUT2D eigenvalue weighted by molar-refractivity contribution is 0.133. The summed E-state index contributed by atoms with van der Waals surface area (Å²) in [6, 6.07) is 1.89. The Morgan fingerprint density at radius 3 is 2.85 bits per heavy atom. The van der Waals surface area contributed by atoms with Gasteiger partial charge in [-0.3, -0.25) is 4.98 Å². The quantitative estimate of drug-likeness (QED) is 0.852. The highest BCUT2D eigenvalue weighted by atomic mass is 32.2. The first-order valence-corrected chi connectivity index (χ1v) is 11.5. The third kappa shape index (κ3) is 3.94. The first kappa shape index (κ1) is 18.6. The molecule has 3 unspecified atom stereocenters. The van der Waals surface area contributed by atoms with E-state index in [2.05, 4.69) is 10.3 Å². The van der Waals surface area contributed by atoms with Crippen molar-refractivity contribution < 1.29 is 17.5 Å². The van der Waals surface area contributed by atoms with Crippen LogP contribution < -0.4 is 10.1 Å². The molecule has 27 heavy (non-hydrogen) atoms. The number of ether oxygens (including phenoxy) is 1. The van der Waals surface area contributed by atoms with Crippen LogP contribution in [0.3, 0.4) is 0 Å². The van der Waals surface area contributed by atoms with Crippen LogP contribution in [0.2, 0.25) is 0 Å². The van der Waals surface area contributed by atoms with E-state index in [0.717, 1.165) is 49.9 Å². The van der Waals surface area contributed by atoms with Gasteiger partial charge in [0.15, 0.2) is 15.5 Å². The van der Waals surface area contributed by atoms with Gasteiger partial charge in [0.05, 0.1) is 23.6 Å². The maximum absolute atomic E-state index is 15.5. The summed E-state index contributed by atoms with van der Waals surface area (Å²) in [7, 11) is -3.48. The minimum atomic E-state index is -3.48. The molecule has 4 rings (SSSR count). The van der Waals surface area contributed by atoms with E-state index in [4.69, 9.17) is 4.74 Å². The lowest BCUT2D eigenvalue weighted by Gasteiger charge is -2.30. The molecular formula is C20H25FN2O3S. The Kier molecular flexibility index (Phi) is 4.84. The van der Waals surface area contributed by atoms with Crippen molar-refractivity contribution in [3.63, 3.8) is 0 Å². The minimum Gasteiger partial charge on any atom is -0.488 e. The summed E-state index contributed by atoms with van der Waals surface area (Å²) in [4.78, 5) is 4.42. The fraction of sp³-hybridized carbons (Fsp3) is 0.550. The van der Waals surface area contributed by atoms with Gasteiger partial charge in [0.25, 0.3) is 0 Å². The van der Waals surface area contributed by atoms with Gasteiger partial charge in [0, 0.05) is 18.2 Å². The number of piperidine rings is 1. The van der Waals surface area contributed by atoms with Crippen molar-refractivity contribution >= 4 is 9.84 Å². The third-order valence-electron chi connectivity index (χ3n) is 5.69. The Bertz CT molecular complexity index is 877. The molecule has 2 aliphatic heterocycles. The fourth-order valence-corrected chi connectivity index (χ4v) is 5.46. The summed E-state index contributed by atoms with van der Waals surface area (Å²) in [5, 5.41) is 3.37. The second-order valence-electron chi connectivity index (χ2n) is 7.88. The van der Waals surface area contributed by atoms with Crippen LogP contribution in [0.5, 0.6) is 5.75 Å². The van der Waals surface area contributed by atoms with Gasteiger partial charge in [0.1, 0.15) is 11.9 Å². The highest BCUT2D eigenvalue weighted by molar-refractivity contribution is 7.90. The van der Waals surface area contributed by atoms with Gasteiger partial charge in [-0.05, 0) is 44.0 Å². The average molecular weight is 392 g/mol. The van der Waals surface area contributed by atoms with E-state index in [1.165, 1.54) is 6.08 Å². The number of alkyl halides is 1. The van der Waals surface area contributed by atoms with Crippen molar-refractivity contribution in [2.24, 2.45) is 5.92 Å². The summed E-state index contributed by atoms with van der Waals surface area (Å²) < 4.78 is 45.1. The monoisotopic (exact) mass is 392 g/mol. The maximum Gasteiger partial charge on any atom is 0.155 e.